The van der Waals surface area contributed by atoms with Gasteiger partial charge in [-0.1, -0.05) is 19.3 Å². The first kappa shape index (κ1) is 11.7. The Kier molecular flexibility index (Phi) is 3.04. The molecule has 0 unspecified atom stereocenters. The van der Waals surface area contributed by atoms with Crippen molar-refractivity contribution in [2.24, 2.45) is 0 Å². The lowest BCUT2D eigenvalue weighted by Crippen LogP contribution is -2.37. The van der Waals surface area contributed by atoms with Crippen LogP contribution in [0.25, 0.3) is 0 Å². The number of hydrogen-bond donors (Lipinski definition) is 1. The van der Waals surface area contributed by atoms with Crippen LogP contribution < -0.4 is 14.2 Å². The van der Waals surface area contributed by atoms with Crippen molar-refractivity contribution >= 4 is 0 Å². The van der Waals surface area contributed by atoms with E-state index in [9.17, 15) is 5.11 Å². The van der Waals surface area contributed by atoms with Crippen LogP contribution in [-0.4, -0.2) is 24.1 Å². The maximum atomic E-state index is 10.3. The molecule has 4 nitrogen and oxygen atoms in total. The van der Waals surface area contributed by atoms with Crippen molar-refractivity contribution in [1.29, 1.82) is 0 Å². The Bertz CT molecular complexity index is 424. The van der Waals surface area contributed by atoms with E-state index < -0.39 is 5.60 Å². The summed E-state index contributed by atoms with van der Waals surface area (Å²) in [6, 6.07) is 5.50. The van der Waals surface area contributed by atoms with Gasteiger partial charge in [0.25, 0.3) is 0 Å². The highest BCUT2D eigenvalue weighted by Crippen LogP contribution is 2.36. The van der Waals surface area contributed by atoms with E-state index in [0.29, 0.717) is 12.4 Å². The average molecular weight is 250 g/mol. The van der Waals surface area contributed by atoms with Crippen LogP contribution >= 0.6 is 0 Å². The quantitative estimate of drug-likeness (QED) is 0.895. The molecule has 1 aliphatic carbocycles. The molecule has 1 aromatic carbocycles. The second kappa shape index (κ2) is 4.69. The van der Waals surface area contributed by atoms with Crippen LogP contribution in [0.15, 0.2) is 18.2 Å². The first-order valence-corrected chi connectivity index (χ1v) is 6.50. The van der Waals surface area contributed by atoms with Gasteiger partial charge in [-0.2, -0.15) is 0 Å². The van der Waals surface area contributed by atoms with Gasteiger partial charge in [-0.25, -0.2) is 0 Å². The zero-order chi connectivity index (χ0) is 12.4. The summed E-state index contributed by atoms with van der Waals surface area (Å²) in [4.78, 5) is 0. The number of fused-ring (bicyclic) bond motifs is 1. The van der Waals surface area contributed by atoms with Crippen molar-refractivity contribution in [2.75, 3.05) is 13.4 Å². The normalized spacial score (nSPS) is 20.7. The Morgan fingerprint density at radius 3 is 2.72 bits per heavy atom. The van der Waals surface area contributed by atoms with Crippen molar-refractivity contribution < 1.29 is 19.3 Å². The molecule has 1 N–H and O–H groups in total. The SMILES string of the molecule is OC1(COc2ccc3c(c2)OCO3)CCCCC1. The van der Waals surface area contributed by atoms with Crippen LogP contribution in [0.5, 0.6) is 17.2 Å². The third-order valence-electron chi connectivity index (χ3n) is 3.64. The summed E-state index contributed by atoms with van der Waals surface area (Å²) in [7, 11) is 0. The minimum Gasteiger partial charge on any atom is -0.490 e. The molecule has 0 amide bonds. The predicted octanol–water partition coefficient (Wildman–Crippen LogP) is 2.49. The van der Waals surface area contributed by atoms with E-state index in [-0.39, 0.29) is 6.79 Å². The van der Waals surface area contributed by atoms with Crippen LogP contribution in [0, 0.1) is 0 Å². The maximum Gasteiger partial charge on any atom is 0.231 e. The number of rotatable bonds is 3. The van der Waals surface area contributed by atoms with E-state index in [2.05, 4.69) is 0 Å². The largest absolute Gasteiger partial charge is 0.490 e. The van der Waals surface area contributed by atoms with E-state index in [1.165, 1.54) is 6.42 Å². The standard InChI is InChI=1S/C14H18O4/c15-14(6-2-1-3-7-14)9-16-11-4-5-12-13(8-11)18-10-17-12/h4-5,8,15H,1-3,6-7,9-10H2. The molecule has 0 saturated heterocycles. The molecule has 98 valence electrons. The Morgan fingerprint density at radius 1 is 1.11 bits per heavy atom. The van der Waals surface area contributed by atoms with Gasteiger partial charge in [-0.05, 0) is 25.0 Å². The van der Waals surface area contributed by atoms with Crippen LogP contribution in [0.1, 0.15) is 32.1 Å². The third kappa shape index (κ3) is 2.38. The summed E-state index contributed by atoms with van der Waals surface area (Å²) < 4.78 is 16.2. The van der Waals surface area contributed by atoms with Crippen molar-refractivity contribution in [3.8, 4) is 17.2 Å². The zero-order valence-electron chi connectivity index (χ0n) is 10.4. The predicted molar refractivity (Wildman–Crippen MR) is 66.1 cm³/mol. The molecule has 0 spiro atoms. The zero-order valence-corrected chi connectivity index (χ0v) is 10.4. The van der Waals surface area contributed by atoms with Crippen LogP contribution in [0.3, 0.4) is 0 Å². The topological polar surface area (TPSA) is 47.9 Å². The molecule has 1 aromatic rings. The van der Waals surface area contributed by atoms with Gasteiger partial charge in [-0.3, -0.25) is 0 Å². The van der Waals surface area contributed by atoms with Gasteiger partial charge < -0.3 is 19.3 Å². The summed E-state index contributed by atoms with van der Waals surface area (Å²) in [6.07, 6.45) is 5.05. The van der Waals surface area contributed by atoms with Crippen molar-refractivity contribution in [1.82, 2.24) is 0 Å². The fourth-order valence-electron chi connectivity index (χ4n) is 2.54. The Morgan fingerprint density at radius 2 is 1.89 bits per heavy atom. The highest BCUT2D eigenvalue weighted by atomic mass is 16.7. The molecule has 2 aliphatic rings. The van der Waals surface area contributed by atoms with Crippen LogP contribution in [0.4, 0.5) is 0 Å². The lowest BCUT2D eigenvalue weighted by Gasteiger charge is -2.31. The Balaban J connectivity index is 1.62. The van der Waals surface area contributed by atoms with Gasteiger partial charge in [0.05, 0.1) is 5.60 Å². The van der Waals surface area contributed by atoms with Crippen LogP contribution in [0.2, 0.25) is 0 Å². The summed E-state index contributed by atoms with van der Waals surface area (Å²) in [5.41, 5.74) is -0.658. The van der Waals surface area contributed by atoms with E-state index in [1.807, 2.05) is 18.2 Å². The molecule has 1 heterocycles. The minimum atomic E-state index is -0.658. The third-order valence-corrected chi connectivity index (χ3v) is 3.64. The smallest absolute Gasteiger partial charge is 0.231 e. The molecular formula is C14H18O4. The van der Waals surface area contributed by atoms with Crippen molar-refractivity contribution in [3.05, 3.63) is 18.2 Å². The molecular weight excluding hydrogens is 232 g/mol. The number of hydrogen-bond acceptors (Lipinski definition) is 4. The highest BCUT2D eigenvalue weighted by Gasteiger charge is 2.30. The summed E-state index contributed by atoms with van der Waals surface area (Å²) in [6.45, 7) is 0.620. The lowest BCUT2D eigenvalue weighted by atomic mass is 9.85. The van der Waals surface area contributed by atoms with Gasteiger partial charge in [0, 0.05) is 6.07 Å². The molecule has 18 heavy (non-hydrogen) atoms. The number of benzene rings is 1. The number of aliphatic hydroxyl groups is 1. The molecule has 0 radical (unpaired) electrons. The molecule has 4 heteroatoms. The van der Waals surface area contributed by atoms with Gasteiger partial charge >= 0.3 is 0 Å². The van der Waals surface area contributed by atoms with Gasteiger partial charge in [0.2, 0.25) is 6.79 Å². The fraction of sp³-hybridized carbons (Fsp3) is 0.571. The second-order valence-corrected chi connectivity index (χ2v) is 5.09. The Labute approximate surface area is 106 Å². The van der Waals surface area contributed by atoms with E-state index in [0.717, 1.165) is 37.2 Å². The van der Waals surface area contributed by atoms with Crippen molar-refractivity contribution in [2.45, 2.75) is 37.7 Å². The molecule has 3 rings (SSSR count). The highest BCUT2D eigenvalue weighted by molar-refractivity contribution is 5.46. The average Bonchev–Trinajstić information content (AvgIpc) is 2.85. The minimum absolute atomic E-state index is 0.267. The summed E-state index contributed by atoms with van der Waals surface area (Å²) in [5, 5.41) is 10.3. The first-order valence-electron chi connectivity index (χ1n) is 6.50. The van der Waals surface area contributed by atoms with Gasteiger partial charge in [-0.15, -0.1) is 0 Å². The molecule has 0 bridgehead atoms. The molecule has 1 fully saturated rings. The second-order valence-electron chi connectivity index (χ2n) is 5.09. The van der Waals surface area contributed by atoms with Crippen molar-refractivity contribution in [3.63, 3.8) is 0 Å². The molecule has 0 atom stereocenters. The molecule has 1 aliphatic heterocycles. The van der Waals surface area contributed by atoms with Crippen LogP contribution in [-0.2, 0) is 0 Å². The van der Waals surface area contributed by atoms with Gasteiger partial charge in [0.15, 0.2) is 11.5 Å². The summed E-state index contributed by atoms with van der Waals surface area (Å²) >= 11 is 0. The maximum absolute atomic E-state index is 10.3. The monoisotopic (exact) mass is 250 g/mol. The Hall–Kier alpha value is -1.42. The lowest BCUT2D eigenvalue weighted by molar-refractivity contribution is -0.0339. The number of ether oxygens (including phenoxy) is 3. The van der Waals surface area contributed by atoms with E-state index >= 15 is 0 Å². The summed E-state index contributed by atoms with van der Waals surface area (Å²) in [5.74, 6) is 2.18. The fourth-order valence-corrected chi connectivity index (χ4v) is 2.54. The molecule has 0 aromatic heterocycles. The van der Waals surface area contributed by atoms with Gasteiger partial charge in [0.1, 0.15) is 12.4 Å². The first-order chi connectivity index (χ1) is 8.75. The molecule has 1 saturated carbocycles. The van der Waals surface area contributed by atoms with E-state index in [1.54, 1.807) is 0 Å². The van der Waals surface area contributed by atoms with E-state index in [4.69, 9.17) is 14.2 Å².